The fourth-order valence-electron chi connectivity index (χ4n) is 1.71. The molecule has 0 saturated heterocycles. The second-order valence-electron chi connectivity index (χ2n) is 3.88. The molecule has 0 aliphatic carbocycles. The van der Waals surface area contributed by atoms with Crippen LogP contribution in [0.15, 0.2) is 30.9 Å². The van der Waals surface area contributed by atoms with E-state index in [1.54, 1.807) is 0 Å². The van der Waals surface area contributed by atoms with Gasteiger partial charge >= 0.3 is 0 Å². The zero-order chi connectivity index (χ0) is 10.6. The maximum absolute atomic E-state index is 9.05. The van der Waals surface area contributed by atoms with Crippen LogP contribution >= 0.6 is 0 Å². The van der Waals surface area contributed by atoms with Crippen LogP contribution in [-0.2, 0) is 6.42 Å². The number of benzene rings is 1. The highest BCUT2D eigenvalue weighted by molar-refractivity contribution is 5.29. The summed E-state index contributed by atoms with van der Waals surface area (Å²) in [6, 6.07) is 6.49. The lowest BCUT2D eigenvalue weighted by molar-refractivity contribution is 0.252. The van der Waals surface area contributed by atoms with Crippen LogP contribution in [0.2, 0.25) is 0 Å². The summed E-state index contributed by atoms with van der Waals surface area (Å²) < 4.78 is 0. The van der Waals surface area contributed by atoms with Gasteiger partial charge in [-0.3, -0.25) is 0 Å². The second kappa shape index (κ2) is 4.97. The lowest BCUT2D eigenvalue weighted by Crippen LogP contribution is -2.06. The van der Waals surface area contributed by atoms with E-state index in [1.807, 2.05) is 6.08 Å². The van der Waals surface area contributed by atoms with E-state index in [2.05, 4.69) is 38.6 Å². The first-order chi connectivity index (χ1) is 6.65. The molecule has 0 radical (unpaired) electrons. The highest BCUT2D eigenvalue weighted by atomic mass is 16.3. The number of aliphatic hydroxyl groups excluding tert-OH is 1. The quantitative estimate of drug-likeness (QED) is 0.724. The lowest BCUT2D eigenvalue weighted by atomic mass is 9.97. The van der Waals surface area contributed by atoms with Gasteiger partial charge < -0.3 is 5.11 Å². The van der Waals surface area contributed by atoms with Crippen LogP contribution in [0.5, 0.6) is 0 Å². The van der Waals surface area contributed by atoms with Gasteiger partial charge in [-0.25, -0.2) is 0 Å². The first-order valence-electron chi connectivity index (χ1n) is 4.96. The zero-order valence-corrected chi connectivity index (χ0v) is 8.96. The Morgan fingerprint density at radius 3 is 2.29 bits per heavy atom. The molecule has 1 aromatic carbocycles. The molecule has 0 aliphatic heterocycles. The molecular formula is C13H18O. The highest BCUT2D eigenvalue weighted by Crippen LogP contribution is 2.13. The van der Waals surface area contributed by atoms with Gasteiger partial charge in [0.1, 0.15) is 0 Å². The smallest absolute Gasteiger partial charge is 0.0496 e. The molecule has 1 heteroatoms. The maximum atomic E-state index is 9.05. The monoisotopic (exact) mass is 190 g/mol. The van der Waals surface area contributed by atoms with Crippen molar-refractivity contribution in [3.63, 3.8) is 0 Å². The molecule has 0 aliphatic rings. The van der Waals surface area contributed by atoms with Crippen molar-refractivity contribution in [2.24, 2.45) is 5.92 Å². The predicted octanol–water partition coefficient (Wildman–Crippen LogP) is 2.64. The Bertz CT molecular complexity index is 295. The summed E-state index contributed by atoms with van der Waals surface area (Å²) in [6.45, 7) is 8.08. The summed E-state index contributed by atoms with van der Waals surface area (Å²) in [5, 5.41) is 9.05. The second-order valence-corrected chi connectivity index (χ2v) is 3.88. The Morgan fingerprint density at radius 2 is 1.86 bits per heavy atom. The third kappa shape index (κ3) is 3.00. The van der Waals surface area contributed by atoms with Gasteiger partial charge in [-0.2, -0.15) is 0 Å². The summed E-state index contributed by atoms with van der Waals surface area (Å²) in [5.74, 6) is 0.177. The van der Waals surface area contributed by atoms with E-state index in [0.717, 1.165) is 6.42 Å². The standard InChI is InChI=1S/C13H18O/c1-4-12(9-14)8-13-6-10(2)5-11(3)7-13/h4-7,12,14H,1,8-9H2,2-3H3. The van der Waals surface area contributed by atoms with E-state index < -0.39 is 0 Å². The predicted molar refractivity (Wildman–Crippen MR) is 60.4 cm³/mol. The van der Waals surface area contributed by atoms with Crippen molar-refractivity contribution in [2.75, 3.05) is 6.61 Å². The minimum atomic E-state index is 0.177. The molecule has 1 unspecified atom stereocenters. The van der Waals surface area contributed by atoms with E-state index in [9.17, 15) is 0 Å². The molecule has 76 valence electrons. The molecule has 0 spiro atoms. The largest absolute Gasteiger partial charge is 0.396 e. The van der Waals surface area contributed by atoms with Crippen molar-refractivity contribution in [3.8, 4) is 0 Å². The van der Waals surface area contributed by atoms with Crippen molar-refractivity contribution in [3.05, 3.63) is 47.5 Å². The summed E-state index contributed by atoms with van der Waals surface area (Å²) >= 11 is 0. The summed E-state index contributed by atoms with van der Waals surface area (Å²) in [4.78, 5) is 0. The summed E-state index contributed by atoms with van der Waals surface area (Å²) in [6.07, 6.45) is 2.69. The average Bonchev–Trinajstić information content (AvgIpc) is 2.12. The summed E-state index contributed by atoms with van der Waals surface area (Å²) in [7, 11) is 0. The maximum Gasteiger partial charge on any atom is 0.0496 e. The van der Waals surface area contributed by atoms with E-state index in [-0.39, 0.29) is 12.5 Å². The molecule has 1 aromatic rings. The Kier molecular flexibility index (Phi) is 3.90. The van der Waals surface area contributed by atoms with Crippen molar-refractivity contribution >= 4 is 0 Å². The first-order valence-corrected chi connectivity index (χ1v) is 4.96. The van der Waals surface area contributed by atoms with Crippen molar-refractivity contribution in [2.45, 2.75) is 20.3 Å². The molecule has 1 rings (SSSR count). The summed E-state index contributed by atoms with van der Waals surface area (Å²) in [5.41, 5.74) is 3.84. The molecule has 1 N–H and O–H groups in total. The third-order valence-electron chi connectivity index (χ3n) is 2.35. The molecule has 0 fully saturated rings. The van der Waals surface area contributed by atoms with Gasteiger partial charge in [0.25, 0.3) is 0 Å². The fraction of sp³-hybridized carbons (Fsp3) is 0.385. The molecule has 0 aromatic heterocycles. The molecule has 0 bridgehead atoms. The third-order valence-corrected chi connectivity index (χ3v) is 2.35. The molecule has 1 nitrogen and oxygen atoms in total. The Hall–Kier alpha value is -1.08. The topological polar surface area (TPSA) is 20.2 Å². The van der Waals surface area contributed by atoms with Crippen LogP contribution in [0.1, 0.15) is 16.7 Å². The van der Waals surface area contributed by atoms with Crippen molar-refractivity contribution < 1.29 is 5.11 Å². The average molecular weight is 190 g/mol. The van der Waals surface area contributed by atoms with Crippen LogP contribution < -0.4 is 0 Å². The number of hydrogen-bond acceptors (Lipinski definition) is 1. The normalized spacial score (nSPS) is 12.5. The first kappa shape index (κ1) is 11.0. The molecule has 0 amide bonds. The van der Waals surface area contributed by atoms with Gasteiger partial charge in [0.05, 0.1) is 0 Å². The number of hydrogen-bond donors (Lipinski definition) is 1. The molecule has 14 heavy (non-hydrogen) atoms. The zero-order valence-electron chi connectivity index (χ0n) is 8.96. The van der Waals surface area contributed by atoms with Gasteiger partial charge in [0.2, 0.25) is 0 Å². The molecule has 0 saturated carbocycles. The van der Waals surface area contributed by atoms with Crippen LogP contribution in [0.25, 0.3) is 0 Å². The Labute approximate surface area is 86.1 Å². The lowest BCUT2D eigenvalue weighted by Gasteiger charge is -2.10. The minimum Gasteiger partial charge on any atom is -0.396 e. The number of aryl methyl sites for hydroxylation is 2. The number of aliphatic hydroxyl groups is 1. The SMILES string of the molecule is C=CC(CO)Cc1cc(C)cc(C)c1. The van der Waals surface area contributed by atoms with Crippen LogP contribution in [0, 0.1) is 19.8 Å². The van der Waals surface area contributed by atoms with Crippen molar-refractivity contribution in [1.29, 1.82) is 0 Å². The van der Waals surface area contributed by atoms with Crippen molar-refractivity contribution in [1.82, 2.24) is 0 Å². The molecule has 1 atom stereocenters. The molecular weight excluding hydrogens is 172 g/mol. The molecule has 0 heterocycles. The van der Waals surface area contributed by atoms with Crippen LogP contribution in [-0.4, -0.2) is 11.7 Å². The van der Waals surface area contributed by atoms with E-state index in [4.69, 9.17) is 5.11 Å². The van der Waals surface area contributed by atoms with E-state index in [0.29, 0.717) is 0 Å². The highest BCUT2D eigenvalue weighted by Gasteiger charge is 2.04. The van der Waals surface area contributed by atoms with E-state index in [1.165, 1.54) is 16.7 Å². The Morgan fingerprint density at radius 1 is 1.29 bits per heavy atom. The van der Waals surface area contributed by atoms with E-state index >= 15 is 0 Å². The fourth-order valence-corrected chi connectivity index (χ4v) is 1.71. The number of rotatable bonds is 4. The van der Waals surface area contributed by atoms with Gasteiger partial charge in [-0.05, 0) is 25.8 Å². The van der Waals surface area contributed by atoms with Gasteiger partial charge in [-0.1, -0.05) is 35.4 Å². The van der Waals surface area contributed by atoms with Gasteiger partial charge in [0.15, 0.2) is 0 Å². The minimum absolute atomic E-state index is 0.177. The Balaban J connectivity index is 2.80. The van der Waals surface area contributed by atoms with Gasteiger partial charge in [-0.15, -0.1) is 6.58 Å². The van der Waals surface area contributed by atoms with Gasteiger partial charge in [0, 0.05) is 12.5 Å². The van der Waals surface area contributed by atoms with Crippen LogP contribution in [0.3, 0.4) is 0 Å². The van der Waals surface area contributed by atoms with Crippen LogP contribution in [0.4, 0.5) is 0 Å².